The Kier molecular flexibility index (Phi) is 6.94. The van der Waals surface area contributed by atoms with Gasteiger partial charge in [0.1, 0.15) is 0 Å². The Morgan fingerprint density at radius 2 is 2.19 bits per heavy atom. The van der Waals surface area contributed by atoms with Crippen molar-refractivity contribution in [1.29, 1.82) is 10.5 Å². The summed E-state index contributed by atoms with van der Waals surface area (Å²) in [5, 5.41) is 20.4. The zero-order valence-electron chi connectivity index (χ0n) is 12.5. The number of nitriles is 2. The molecule has 0 saturated carbocycles. The molecule has 110 valence electrons. The quantitative estimate of drug-likeness (QED) is 0.833. The molecule has 0 saturated heterocycles. The molecular formula is C16H20N4O. The topological polar surface area (TPSA) is 79.9 Å². The molecule has 0 aliphatic heterocycles. The number of hydrogen-bond donors (Lipinski definition) is 1. The maximum Gasteiger partial charge on any atom is 0.225 e. The minimum Gasteiger partial charge on any atom is -0.326 e. The zero-order valence-corrected chi connectivity index (χ0v) is 12.5. The summed E-state index contributed by atoms with van der Waals surface area (Å²) in [5.74, 6) is -0.131. The highest BCUT2D eigenvalue weighted by Crippen LogP contribution is 2.10. The first-order chi connectivity index (χ1) is 10.1. The minimum atomic E-state index is -0.0897. The van der Waals surface area contributed by atoms with Crippen LogP contribution in [0.25, 0.3) is 0 Å². The Morgan fingerprint density at radius 1 is 1.43 bits per heavy atom. The van der Waals surface area contributed by atoms with Gasteiger partial charge >= 0.3 is 0 Å². The van der Waals surface area contributed by atoms with Gasteiger partial charge in [0.05, 0.1) is 23.6 Å². The first-order valence-electron chi connectivity index (χ1n) is 7.01. The number of carbonyl (C=O) groups excluding carboxylic acids is 1. The van der Waals surface area contributed by atoms with Crippen molar-refractivity contribution in [1.82, 2.24) is 4.90 Å². The Bertz CT molecular complexity index is 556. The van der Waals surface area contributed by atoms with E-state index in [-0.39, 0.29) is 11.8 Å². The van der Waals surface area contributed by atoms with E-state index in [0.717, 1.165) is 6.54 Å². The van der Waals surface area contributed by atoms with Gasteiger partial charge in [-0.3, -0.25) is 4.79 Å². The van der Waals surface area contributed by atoms with Crippen LogP contribution in [0.15, 0.2) is 24.3 Å². The molecule has 0 radical (unpaired) electrons. The summed E-state index contributed by atoms with van der Waals surface area (Å²) in [6.45, 7) is 5.98. The van der Waals surface area contributed by atoms with Gasteiger partial charge in [-0.15, -0.1) is 0 Å². The fraction of sp³-hybridized carbons (Fsp3) is 0.438. The van der Waals surface area contributed by atoms with Crippen LogP contribution in [0.5, 0.6) is 0 Å². The van der Waals surface area contributed by atoms with Gasteiger partial charge in [0.25, 0.3) is 0 Å². The number of carbonyl (C=O) groups is 1. The van der Waals surface area contributed by atoms with E-state index in [2.05, 4.69) is 16.3 Å². The first-order valence-corrected chi connectivity index (χ1v) is 7.01. The van der Waals surface area contributed by atoms with Crippen molar-refractivity contribution in [3.8, 4) is 12.1 Å². The van der Waals surface area contributed by atoms with Gasteiger partial charge in [-0.25, -0.2) is 0 Å². The van der Waals surface area contributed by atoms with E-state index < -0.39 is 0 Å². The smallest absolute Gasteiger partial charge is 0.225 e. The SMILES string of the molecule is CCN(CCC(=O)Nc1cccc(C#N)c1)CC(C)C#N. The molecule has 1 N–H and O–H groups in total. The number of anilines is 1. The van der Waals surface area contributed by atoms with E-state index in [4.69, 9.17) is 10.5 Å². The van der Waals surface area contributed by atoms with Gasteiger partial charge in [-0.05, 0) is 31.7 Å². The van der Waals surface area contributed by atoms with E-state index in [1.54, 1.807) is 24.3 Å². The van der Waals surface area contributed by atoms with Crippen LogP contribution in [-0.2, 0) is 4.79 Å². The van der Waals surface area contributed by atoms with Crippen LogP contribution in [0, 0.1) is 28.6 Å². The summed E-state index contributed by atoms with van der Waals surface area (Å²) in [6.07, 6.45) is 0.364. The maximum absolute atomic E-state index is 11.9. The Labute approximate surface area is 125 Å². The molecule has 1 aromatic rings. The molecule has 21 heavy (non-hydrogen) atoms. The minimum absolute atomic E-state index is 0.0414. The third-order valence-corrected chi connectivity index (χ3v) is 3.13. The second kappa shape index (κ2) is 8.73. The Hall–Kier alpha value is -2.37. The van der Waals surface area contributed by atoms with Crippen molar-refractivity contribution < 1.29 is 4.79 Å². The summed E-state index contributed by atoms with van der Waals surface area (Å²) >= 11 is 0. The van der Waals surface area contributed by atoms with Crippen molar-refractivity contribution in [3.63, 3.8) is 0 Å². The van der Waals surface area contributed by atoms with Crippen molar-refractivity contribution in [3.05, 3.63) is 29.8 Å². The molecule has 1 rings (SSSR count). The predicted octanol–water partition coefficient (Wildman–Crippen LogP) is 2.37. The molecule has 1 amide bonds. The Balaban J connectivity index is 2.46. The van der Waals surface area contributed by atoms with Crippen molar-refractivity contribution in [2.45, 2.75) is 20.3 Å². The number of benzene rings is 1. The van der Waals surface area contributed by atoms with Crippen LogP contribution in [0.3, 0.4) is 0 Å². The lowest BCUT2D eigenvalue weighted by atomic mass is 10.2. The standard InChI is InChI=1S/C16H20N4O/c1-3-20(12-13(2)10-17)8-7-16(21)19-15-6-4-5-14(9-15)11-18/h4-6,9,13H,3,7-8,12H2,1-2H3,(H,19,21). The van der Waals surface area contributed by atoms with Gasteiger partial charge < -0.3 is 10.2 Å². The number of amides is 1. The molecule has 0 bridgehead atoms. The molecular weight excluding hydrogens is 264 g/mol. The lowest BCUT2D eigenvalue weighted by molar-refractivity contribution is -0.116. The fourth-order valence-corrected chi connectivity index (χ4v) is 1.96. The molecule has 0 spiro atoms. The lowest BCUT2D eigenvalue weighted by Crippen LogP contribution is -2.31. The molecule has 5 heteroatoms. The van der Waals surface area contributed by atoms with Gasteiger partial charge in [-0.2, -0.15) is 10.5 Å². The fourth-order valence-electron chi connectivity index (χ4n) is 1.96. The third kappa shape index (κ3) is 6.07. The van der Waals surface area contributed by atoms with E-state index in [1.165, 1.54) is 0 Å². The average Bonchev–Trinajstić information content (AvgIpc) is 2.51. The van der Waals surface area contributed by atoms with Crippen molar-refractivity contribution in [2.24, 2.45) is 5.92 Å². The van der Waals surface area contributed by atoms with Crippen LogP contribution < -0.4 is 5.32 Å². The molecule has 5 nitrogen and oxygen atoms in total. The van der Waals surface area contributed by atoms with E-state index in [1.807, 2.05) is 19.9 Å². The predicted molar refractivity (Wildman–Crippen MR) is 81.3 cm³/mol. The third-order valence-electron chi connectivity index (χ3n) is 3.13. The molecule has 0 aliphatic rings. The van der Waals surface area contributed by atoms with Crippen LogP contribution >= 0.6 is 0 Å². The van der Waals surface area contributed by atoms with Gasteiger partial charge in [-0.1, -0.05) is 13.0 Å². The van der Waals surface area contributed by atoms with E-state index in [9.17, 15) is 4.79 Å². The van der Waals surface area contributed by atoms with Crippen LogP contribution in [0.4, 0.5) is 5.69 Å². The molecule has 0 heterocycles. The molecule has 1 unspecified atom stereocenters. The highest BCUT2D eigenvalue weighted by atomic mass is 16.1. The number of rotatable bonds is 7. The second-order valence-corrected chi connectivity index (χ2v) is 4.91. The van der Waals surface area contributed by atoms with E-state index in [0.29, 0.717) is 30.8 Å². The highest BCUT2D eigenvalue weighted by molar-refractivity contribution is 5.90. The summed E-state index contributed by atoms with van der Waals surface area (Å²) in [5.41, 5.74) is 1.15. The number of nitrogens with zero attached hydrogens (tertiary/aromatic N) is 3. The monoisotopic (exact) mass is 284 g/mol. The zero-order chi connectivity index (χ0) is 15.7. The first kappa shape index (κ1) is 16.7. The summed E-state index contributed by atoms with van der Waals surface area (Å²) < 4.78 is 0. The number of nitrogens with one attached hydrogen (secondary N) is 1. The summed E-state index contributed by atoms with van der Waals surface area (Å²) in [4.78, 5) is 14.0. The van der Waals surface area contributed by atoms with Gasteiger partial charge in [0, 0.05) is 25.2 Å². The van der Waals surface area contributed by atoms with Crippen LogP contribution in [0.2, 0.25) is 0 Å². The van der Waals surface area contributed by atoms with Crippen LogP contribution in [0.1, 0.15) is 25.8 Å². The molecule has 0 fully saturated rings. The summed E-state index contributed by atoms with van der Waals surface area (Å²) in [7, 11) is 0. The molecule has 1 aromatic carbocycles. The number of hydrogen-bond acceptors (Lipinski definition) is 4. The maximum atomic E-state index is 11.9. The molecule has 1 atom stereocenters. The lowest BCUT2D eigenvalue weighted by Gasteiger charge is -2.21. The van der Waals surface area contributed by atoms with Crippen molar-refractivity contribution >= 4 is 11.6 Å². The second-order valence-electron chi connectivity index (χ2n) is 4.91. The normalized spacial score (nSPS) is 11.5. The Morgan fingerprint density at radius 3 is 2.81 bits per heavy atom. The van der Waals surface area contributed by atoms with E-state index >= 15 is 0 Å². The highest BCUT2D eigenvalue weighted by Gasteiger charge is 2.10. The largest absolute Gasteiger partial charge is 0.326 e. The van der Waals surface area contributed by atoms with Gasteiger partial charge in [0.15, 0.2) is 0 Å². The molecule has 0 aliphatic carbocycles. The average molecular weight is 284 g/mol. The van der Waals surface area contributed by atoms with Crippen LogP contribution in [-0.4, -0.2) is 30.4 Å². The van der Waals surface area contributed by atoms with Gasteiger partial charge in [0.2, 0.25) is 5.91 Å². The van der Waals surface area contributed by atoms with Crippen molar-refractivity contribution in [2.75, 3.05) is 25.0 Å². The summed E-state index contributed by atoms with van der Waals surface area (Å²) in [6, 6.07) is 11.1. The molecule has 0 aromatic heterocycles.